The topological polar surface area (TPSA) is 61.9 Å². The van der Waals surface area contributed by atoms with Gasteiger partial charge in [-0.05, 0) is 31.4 Å². The average Bonchev–Trinajstić information content (AvgIpc) is 3.08. The second-order valence-electron chi connectivity index (χ2n) is 8.53. The number of fused-ring (bicyclic) bond motifs is 1. The second kappa shape index (κ2) is 9.72. The Balaban J connectivity index is 1.43. The maximum absolute atomic E-state index is 13.2. The molecular formula is C23H33N3O3. The van der Waals surface area contributed by atoms with Crippen LogP contribution in [-0.4, -0.2) is 73.1 Å². The molecule has 0 aliphatic carbocycles. The minimum absolute atomic E-state index is 0.0217. The quantitative estimate of drug-likeness (QED) is 0.824. The Kier molecular flexibility index (Phi) is 6.82. The molecule has 3 fully saturated rings. The van der Waals surface area contributed by atoms with Crippen LogP contribution >= 0.6 is 0 Å². The van der Waals surface area contributed by atoms with Crippen molar-refractivity contribution in [1.82, 2.24) is 15.1 Å². The molecule has 0 saturated carbocycles. The molecule has 6 heteroatoms. The van der Waals surface area contributed by atoms with Gasteiger partial charge in [0.15, 0.2) is 0 Å². The summed E-state index contributed by atoms with van der Waals surface area (Å²) >= 11 is 0. The van der Waals surface area contributed by atoms with Gasteiger partial charge in [0.25, 0.3) is 0 Å². The Morgan fingerprint density at radius 1 is 1.14 bits per heavy atom. The molecular weight excluding hydrogens is 366 g/mol. The van der Waals surface area contributed by atoms with Gasteiger partial charge < -0.3 is 15.0 Å². The van der Waals surface area contributed by atoms with Gasteiger partial charge in [-0.15, -0.1) is 0 Å². The molecule has 1 N–H and O–H groups in total. The summed E-state index contributed by atoms with van der Waals surface area (Å²) < 4.78 is 5.40. The maximum atomic E-state index is 13.2. The van der Waals surface area contributed by atoms with Crippen molar-refractivity contribution in [1.29, 1.82) is 0 Å². The monoisotopic (exact) mass is 399 g/mol. The highest BCUT2D eigenvalue weighted by molar-refractivity contribution is 5.79. The van der Waals surface area contributed by atoms with E-state index >= 15 is 0 Å². The second-order valence-corrected chi connectivity index (χ2v) is 8.53. The Labute approximate surface area is 173 Å². The molecule has 0 unspecified atom stereocenters. The van der Waals surface area contributed by atoms with Crippen LogP contribution in [0.5, 0.6) is 0 Å². The van der Waals surface area contributed by atoms with E-state index in [9.17, 15) is 9.59 Å². The van der Waals surface area contributed by atoms with Crippen LogP contribution in [0.25, 0.3) is 0 Å². The number of rotatable bonds is 5. The Morgan fingerprint density at radius 2 is 1.93 bits per heavy atom. The van der Waals surface area contributed by atoms with Crippen molar-refractivity contribution < 1.29 is 14.3 Å². The van der Waals surface area contributed by atoms with Gasteiger partial charge in [-0.1, -0.05) is 36.8 Å². The number of hydrogen-bond donors (Lipinski definition) is 1. The Bertz CT molecular complexity index is 690. The van der Waals surface area contributed by atoms with E-state index in [4.69, 9.17) is 4.74 Å². The lowest BCUT2D eigenvalue weighted by Gasteiger charge is -2.31. The number of benzene rings is 1. The first-order chi connectivity index (χ1) is 14.2. The van der Waals surface area contributed by atoms with Crippen LogP contribution in [0, 0.1) is 0 Å². The predicted octanol–water partition coefficient (Wildman–Crippen LogP) is 2.15. The predicted molar refractivity (Wildman–Crippen MR) is 112 cm³/mol. The average molecular weight is 400 g/mol. The van der Waals surface area contributed by atoms with Crippen molar-refractivity contribution in [2.24, 2.45) is 0 Å². The van der Waals surface area contributed by atoms with E-state index in [2.05, 4.69) is 27.2 Å². The van der Waals surface area contributed by atoms with Gasteiger partial charge in [0.1, 0.15) is 0 Å². The van der Waals surface area contributed by atoms with E-state index in [0.29, 0.717) is 19.4 Å². The van der Waals surface area contributed by atoms with Gasteiger partial charge >= 0.3 is 0 Å². The van der Waals surface area contributed by atoms with Crippen LogP contribution in [0.4, 0.5) is 0 Å². The van der Waals surface area contributed by atoms with Crippen molar-refractivity contribution in [3.05, 3.63) is 35.9 Å². The molecule has 3 aliphatic rings. The summed E-state index contributed by atoms with van der Waals surface area (Å²) in [5, 5.41) is 3.27. The molecule has 29 heavy (non-hydrogen) atoms. The number of amides is 2. The van der Waals surface area contributed by atoms with Crippen molar-refractivity contribution in [3.63, 3.8) is 0 Å². The lowest BCUT2D eigenvalue weighted by molar-refractivity contribution is -0.133. The number of nitrogens with one attached hydrogen (secondary N) is 1. The molecule has 0 aromatic heterocycles. The fourth-order valence-electron chi connectivity index (χ4n) is 5.07. The lowest BCUT2D eigenvalue weighted by atomic mass is 9.88. The van der Waals surface area contributed by atoms with Crippen LogP contribution in [0.15, 0.2) is 30.3 Å². The first-order valence-electron chi connectivity index (χ1n) is 11.2. The molecule has 0 spiro atoms. The zero-order valence-corrected chi connectivity index (χ0v) is 17.2. The van der Waals surface area contributed by atoms with Gasteiger partial charge in [-0.25, -0.2) is 0 Å². The van der Waals surface area contributed by atoms with Crippen molar-refractivity contribution in [2.75, 3.05) is 39.4 Å². The highest BCUT2D eigenvalue weighted by Crippen LogP contribution is 2.36. The minimum Gasteiger partial charge on any atom is -0.379 e. The fourth-order valence-corrected chi connectivity index (χ4v) is 5.07. The van der Waals surface area contributed by atoms with Gasteiger partial charge in [-0.3, -0.25) is 14.5 Å². The van der Waals surface area contributed by atoms with E-state index < -0.39 is 0 Å². The number of carbonyl (C=O) groups is 2. The Morgan fingerprint density at radius 3 is 2.72 bits per heavy atom. The standard InChI is InChI=1S/C23H33N3O3/c27-21-10-5-4-9-20-23(24-21)19(18-7-2-1-3-8-18)17-26(20)22(28)11-6-12-25-13-15-29-16-14-25/h1-3,7-8,19-20,23H,4-6,9-17H2,(H,24,27)/t19-,20+,23-/m0/s1. The minimum atomic E-state index is 0.0217. The van der Waals surface area contributed by atoms with E-state index in [-0.39, 0.29) is 29.8 Å². The first kappa shape index (κ1) is 20.4. The van der Waals surface area contributed by atoms with E-state index in [1.165, 1.54) is 5.56 Å². The van der Waals surface area contributed by atoms with Crippen molar-refractivity contribution in [3.8, 4) is 0 Å². The van der Waals surface area contributed by atoms with Crippen LogP contribution in [-0.2, 0) is 14.3 Å². The number of ether oxygens (including phenoxy) is 1. The summed E-state index contributed by atoms with van der Waals surface area (Å²) in [6.45, 7) is 5.17. The maximum Gasteiger partial charge on any atom is 0.222 e. The molecule has 3 heterocycles. The number of nitrogens with zero attached hydrogens (tertiary/aromatic N) is 2. The van der Waals surface area contributed by atoms with Gasteiger partial charge in [0, 0.05) is 38.4 Å². The molecule has 1 aromatic carbocycles. The van der Waals surface area contributed by atoms with Gasteiger partial charge in [-0.2, -0.15) is 0 Å². The van der Waals surface area contributed by atoms with E-state index in [1.807, 2.05) is 18.2 Å². The van der Waals surface area contributed by atoms with Gasteiger partial charge in [0.05, 0.1) is 25.3 Å². The summed E-state index contributed by atoms with van der Waals surface area (Å²) in [6, 6.07) is 10.5. The van der Waals surface area contributed by atoms with Crippen molar-refractivity contribution in [2.45, 2.75) is 56.5 Å². The fraction of sp³-hybridized carbons (Fsp3) is 0.652. The molecule has 3 aliphatic heterocycles. The Hall–Kier alpha value is -1.92. The summed E-state index contributed by atoms with van der Waals surface area (Å²) in [5.41, 5.74) is 1.21. The molecule has 4 rings (SSSR count). The lowest BCUT2D eigenvalue weighted by Crippen LogP contribution is -2.48. The highest BCUT2D eigenvalue weighted by Gasteiger charge is 2.45. The summed E-state index contributed by atoms with van der Waals surface area (Å²) in [6.07, 6.45) is 4.95. The van der Waals surface area contributed by atoms with Crippen LogP contribution in [0.1, 0.15) is 50.0 Å². The highest BCUT2D eigenvalue weighted by atomic mass is 16.5. The third kappa shape index (κ3) is 4.98. The van der Waals surface area contributed by atoms with Crippen molar-refractivity contribution >= 4 is 11.8 Å². The molecule has 1 aromatic rings. The molecule has 2 amide bonds. The normalized spacial score (nSPS) is 28.3. The van der Waals surface area contributed by atoms with Crippen LogP contribution < -0.4 is 5.32 Å². The molecule has 0 bridgehead atoms. The smallest absolute Gasteiger partial charge is 0.222 e. The van der Waals surface area contributed by atoms with E-state index in [0.717, 1.165) is 58.5 Å². The molecule has 158 valence electrons. The molecule has 3 saturated heterocycles. The molecule has 0 radical (unpaired) electrons. The molecule has 6 nitrogen and oxygen atoms in total. The van der Waals surface area contributed by atoms with E-state index in [1.54, 1.807) is 0 Å². The number of morpholine rings is 1. The zero-order chi connectivity index (χ0) is 20.1. The third-order valence-corrected chi connectivity index (χ3v) is 6.64. The van der Waals surface area contributed by atoms with Gasteiger partial charge in [0.2, 0.25) is 11.8 Å². The number of likely N-dealkylation sites (tertiary alicyclic amines) is 1. The SMILES string of the molecule is O=C1CCCC[C@@H]2[C@@H](N1)[C@H](c1ccccc1)CN2C(=O)CCCN1CCOCC1. The third-order valence-electron chi connectivity index (χ3n) is 6.64. The first-order valence-corrected chi connectivity index (χ1v) is 11.2. The zero-order valence-electron chi connectivity index (χ0n) is 17.2. The number of carbonyl (C=O) groups excluding carboxylic acids is 2. The van der Waals surface area contributed by atoms with Crippen LogP contribution in [0.2, 0.25) is 0 Å². The summed E-state index contributed by atoms with van der Waals surface area (Å²) in [4.78, 5) is 30.0. The number of hydrogen-bond acceptors (Lipinski definition) is 4. The largest absolute Gasteiger partial charge is 0.379 e. The summed E-state index contributed by atoms with van der Waals surface area (Å²) in [5.74, 6) is 0.537. The van der Waals surface area contributed by atoms with Crippen LogP contribution in [0.3, 0.4) is 0 Å². The summed E-state index contributed by atoms with van der Waals surface area (Å²) in [7, 11) is 0. The molecule has 3 atom stereocenters.